The summed E-state index contributed by atoms with van der Waals surface area (Å²) in [5, 5.41) is 5.00. The maximum absolute atomic E-state index is 6.19. The topological polar surface area (TPSA) is 47.0 Å². The second-order valence-corrected chi connectivity index (χ2v) is 6.30. The Labute approximate surface area is 127 Å². The van der Waals surface area contributed by atoms with Crippen LogP contribution in [0.15, 0.2) is 18.3 Å². The molecule has 1 aliphatic rings. The molecule has 0 saturated heterocycles. The summed E-state index contributed by atoms with van der Waals surface area (Å²) >= 11 is 7.83. The van der Waals surface area contributed by atoms with Crippen LogP contribution < -0.4 is 5.32 Å². The van der Waals surface area contributed by atoms with E-state index in [4.69, 9.17) is 16.3 Å². The van der Waals surface area contributed by atoms with Gasteiger partial charge in [0.05, 0.1) is 17.3 Å². The largest absolute Gasteiger partial charge is 0.378 e. The van der Waals surface area contributed by atoms with Crippen molar-refractivity contribution in [3.63, 3.8) is 0 Å². The van der Waals surface area contributed by atoms with Crippen LogP contribution in [0.2, 0.25) is 5.02 Å². The van der Waals surface area contributed by atoms with Gasteiger partial charge < -0.3 is 10.1 Å². The van der Waals surface area contributed by atoms with E-state index in [0.29, 0.717) is 17.7 Å². The van der Waals surface area contributed by atoms with Crippen LogP contribution in [0, 0.1) is 0 Å². The lowest BCUT2D eigenvalue weighted by atomic mass is 10.3. The Morgan fingerprint density at radius 1 is 1.50 bits per heavy atom. The standard InChI is InChI=1S/C14H16ClN3OS/c1-19-8-11-12(7-17-9-4-5-9)20-14(18-11)13-10(15)3-2-6-16-13/h2-3,6,9,17H,4-5,7-8H2,1H3. The van der Waals surface area contributed by atoms with Gasteiger partial charge in [0.15, 0.2) is 0 Å². The lowest BCUT2D eigenvalue weighted by Crippen LogP contribution is -2.15. The van der Waals surface area contributed by atoms with Crippen LogP contribution in [0.3, 0.4) is 0 Å². The number of aromatic nitrogens is 2. The van der Waals surface area contributed by atoms with E-state index in [9.17, 15) is 0 Å². The molecular weight excluding hydrogens is 294 g/mol. The first kappa shape index (κ1) is 13.9. The van der Waals surface area contributed by atoms with Crippen molar-refractivity contribution in [1.29, 1.82) is 0 Å². The summed E-state index contributed by atoms with van der Waals surface area (Å²) in [6.07, 6.45) is 4.29. The second kappa shape index (κ2) is 6.18. The highest BCUT2D eigenvalue weighted by molar-refractivity contribution is 7.15. The molecule has 4 nitrogen and oxygen atoms in total. The number of halogens is 1. The molecule has 0 aromatic carbocycles. The molecule has 106 valence electrons. The van der Waals surface area contributed by atoms with E-state index in [2.05, 4.69) is 15.3 Å². The van der Waals surface area contributed by atoms with E-state index in [-0.39, 0.29) is 0 Å². The number of hydrogen-bond acceptors (Lipinski definition) is 5. The molecule has 1 N–H and O–H groups in total. The molecule has 0 aliphatic heterocycles. The molecule has 0 spiro atoms. The molecule has 0 amide bonds. The predicted molar refractivity (Wildman–Crippen MR) is 80.9 cm³/mol. The van der Waals surface area contributed by atoms with E-state index in [1.165, 1.54) is 17.7 Å². The van der Waals surface area contributed by atoms with Crippen molar-refractivity contribution in [2.24, 2.45) is 0 Å². The predicted octanol–water partition coefficient (Wildman–Crippen LogP) is 3.26. The van der Waals surface area contributed by atoms with Gasteiger partial charge >= 0.3 is 0 Å². The van der Waals surface area contributed by atoms with E-state index in [0.717, 1.165) is 22.9 Å². The fourth-order valence-corrected chi connectivity index (χ4v) is 3.23. The first-order valence-corrected chi connectivity index (χ1v) is 7.79. The van der Waals surface area contributed by atoms with Gasteiger partial charge in [-0.15, -0.1) is 11.3 Å². The average molecular weight is 310 g/mol. The van der Waals surface area contributed by atoms with Crippen LogP contribution >= 0.6 is 22.9 Å². The number of rotatable bonds is 6. The number of nitrogens with zero attached hydrogens (tertiary/aromatic N) is 2. The Morgan fingerprint density at radius 3 is 3.05 bits per heavy atom. The van der Waals surface area contributed by atoms with Crippen molar-refractivity contribution in [3.8, 4) is 10.7 Å². The summed E-state index contributed by atoms with van der Waals surface area (Å²) < 4.78 is 5.23. The van der Waals surface area contributed by atoms with Crippen LogP contribution in [0.5, 0.6) is 0 Å². The Bertz CT molecular complexity index is 598. The Kier molecular flexibility index (Phi) is 4.31. The number of pyridine rings is 1. The minimum Gasteiger partial charge on any atom is -0.378 e. The van der Waals surface area contributed by atoms with E-state index < -0.39 is 0 Å². The van der Waals surface area contributed by atoms with Gasteiger partial charge in [-0.05, 0) is 25.0 Å². The maximum Gasteiger partial charge on any atom is 0.144 e. The number of ether oxygens (including phenoxy) is 1. The van der Waals surface area contributed by atoms with E-state index >= 15 is 0 Å². The van der Waals surface area contributed by atoms with Crippen LogP contribution in [0.25, 0.3) is 10.7 Å². The van der Waals surface area contributed by atoms with Gasteiger partial charge in [0.1, 0.15) is 10.7 Å². The van der Waals surface area contributed by atoms with Gasteiger partial charge in [-0.2, -0.15) is 0 Å². The smallest absolute Gasteiger partial charge is 0.144 e. The van der Waals surface area contributed by atoms with Crippen molar-refractivity contribution in [2.75, 3.05) is 7.11 Å². The number of methoxy groups -OCH3 is 1. The highest BCUT2D eigenvalue weighted by atomic mass is 35.5. The molecule has 0 unspecified atom stereocenters. The first-order valence-electron chi connectivity index (χ1n) is 6.59. The fraction of sp³-hybridized carbons (Fsp3) is 0.429. The van der Waals surface area contributed by atoms with Crippen molar-refractivity contribution >= 4 is 22.9 Å². The minimum absolute atomic E-state index is 0.517. The van der Waals surface area contributed by atoms with Crippen LogP contribution in [0.1, 0.15) is 23.4 Å². The zero-order valence-corrected chi connectivity index (χ0v) is 12.8. The lowest BCUT2D eigenvalue weighted by Gasteiger charge is -2.02. The summed E-state index contributed by atoms with van der Waals surface area (Å²) in [6, 6.07) is 4.34. The molecule has 2 heterocycles. The van der Waals surface area contributed by atoms with Gasteiger partial charge in [-0.1, -0.05) is 11.6 Å². The highest BCUT2D eigenvalue weighted by Crippen LogP contribution is 2.32. The summed E-state index contributed by atoms with van der Waals surface area (Å²) in [4.78, 5) is 10.2. The zero-order valence-electron chi connectivity index (χ0n) is 11.2. The van der Waals surface area contributed by atoms with E-state index in [1.54, 1.807) is 24.6 Å². The third-order valence-electron chi connectivity index (χ3n) is 3.15. The molecule has 20 heavy (non-hydrogen) atoms. The highest BCUT2D eigenvalue weighted by Gasteiger charge is 2.22. The Morgan fingerprint density at radius 2 is 2.35 bits per heavy atom. The molecule has 3 rings (SSSR count). The second-order valence-electron chi connectivity index (χ2n) is 4.81. The molecular formula is C14H16ClN3OS. The molecule has 0 radical (unpaired) electrons. The van der Waals surface area contributed by atoms with Crippen molar-refractivity contribution in [3.05, 3.63) is 33.9 Å². The summed E-state index contributed by atoms with van der Waals surface area (Å²) in [5.74, 6) is 0. The molecule has 1 fully saturated rings. The van der Waals surface area contributed by atoms with Crippen LogP contribution in [0.4, 0.5) is 0 Å². The van der Waals surface area contributed by atoms with Gasteiger partial charge in [-0.25, -0.2) is 4.98 Å². The molecule has 0 bridgehead atoms. The average Bonchev–Trinajstić information content (AvgIpc) is 3.19. The molecule has 0 atom stereocenters. The number of nitrogens with one attached hydrogen (secondary N) is 1. The Balaban J connectivity index is 1.87. The third kappa shape index (κ3) is 3.17. The van der Waals surface area contributed by atoms with Gasteiger partial charge in [0.2, 0.25) is 0 Å². The molecule has 2 aromatic rings. The van der Waals surface area contributed by atoms with Crippen LogP contribution in [-0.4, -0.2) is 23.1 Å². The monoisotopic (exact) mass is 309 g/mol. The SMILES string of the molecule is COCc1nc(-c2ncccc2Cl)sc1CNC1CC1. The van der Waals surface area contributed by atoms with Crippen molar-refractivity contribution < 1.29 is 4.74 Å². The van der Waals surface area contributed by atoms with Gasteiger partial charge in [0.25, 0.3) is 0 Å². The first-order chi connectivity index (χ1) is 9.78. The zero-order chi connectivity index (χ0) is 13.9. The lowest BCUT2D eigenvalue weighted by molar-refractivity contribution is 0.181. The third-order valence-corrected chi connectivity index (χ3v) is 4.56. The fourth-order valence-electron chi connectivity index (χ4n) is 1.94. The molecule has 1 aliphatic carbocycles. The van der Waals surface area contributed by atoms with E-state index in [1.807, 2.05) is 12.1 Å². The Hall–Kier alpha value is -1.01. The summed E-state index contributed by atoms with van der Waals surface area (Å²) in [6.45, 7) is 1.36. The number of hydrogen-bond donors (Lipinski definition) is 1. The molecule has 2 aromatic heterocycles. The van der Waals surface area contributed by atoms with Crippen molar-refractivity contribution in [2.45, 2.75) is 32.0 Å². The summed E-state index contributed by atoms with van der Waals surface area (Å²) in [7, 11) is 1.69. The maximum atomic E-state index is 6.19. The normalized spacial score (nSPS) is 14.7. The molecule has 1 saturated carbocycles. The minimum atomic E-state index is 0.517. The number of thiazole rings is 1. The van der Waals surface area contributed by atoms with Crippen molar-refractivity contribution in [1.82, 2.24) is 15.3 Å². The molecule has 6 heteroatoms. The summed E-state index contributed by atoms with van der Waals surface area (Å²) in [5.41, 5.74) is 1.72. The quantitative estimate of drug-likeness (QED) is 0.889. The van der Waals surface area contributed by atoms with Crippen LogP contribution in [-0.2, 0) is 17.9 Å². The van der Waals surface area contributed by atoms with Gasteiger partial charge in [-0.3, -0.25) is 4.98 Å². The van der Waals surface area contributed by atoms with Gasteiger partial charge in [0, 0.05) is 30.8 Å².